The van der Waals surface area contributed by atoms with E-state index in [0.29, 0.717) is 6.42 Å². The Morgan fingerprint density at radius 3 is 1.80 bits per heavy atom. The summed E-state index contributed by atoms with van der Waals surface area (Å²) >= 11 is 35.2. The quantitative estimate of drug-likeness (QED) is 0.151. The fourth-order valence-corrected chi connectivity index (χ4v) is 9.47. The molecule has 2 aliphatic rings. The van der Waals surface area contributed by atoms with Crippen molar-refractivity contribution >= 4 is 88.5 Å². The molecular formula is C27H20Br3Cl3N2. The normalized spacial score (nSPS) is 33.1. The van der Waals surface area contributed by atoms with Crippen molar-refractivity contribution in [1.29, 1.82) is 0 Å². The van der Waals surface area contributed by atoms with Gasteiger partial charge in [-0.25, -0.2) is 0 Å². The number of hydrogen-bond acceptors (Lipinski definition) is 2. The molecule has 1 aliphatic carbocycles. The molecule has 1 saturated heterocycles. The first kappa shape index (κ1) is 25.8. The summed E-state index contributed by atoms with van der Waals surface area (Å²) in [5.41, 5.74) is 3.38. The van der Waals surface area contributed by atoms with Crippen molar-refractivity contribution in [2.24, 2.45) is 0 Å². The van der Waals surface area contributed by atoms with Crippen LogP contribution in [0.2, 0.25) is 0 Å². The smallest absolute Gasteiger partial charge is 0.167 e. The largest absolute Gasteiger partial charge is 0.261 e. The average Bonchev–Trinajstić information content (AvgIpc) is 2.92. The van der Waals surface area contributed by atoms with E-state index in [1.54, 1.807) is 4.53 Å². The van der Waals surface area contributed by atoms with E-state index in [-0.39, 0.29) is 0 Å². The monoisotopic (exact) mass is 714 g/mol. The molecule has 0 N–H and O–H groups in total. The Hall–Kier alpha value is -0.790. The molecule has 0 saturated carbocycles. The SMILES string of the molecule is ClN1N(c2ccccc2)C2=CC=CCC2(Br)C(Cl)(c2ccccc2)C(Cl)(Br)C1(Br)c1ccccc1. The van der Waals surface area contributed by atoms with E-state index in [4.69, 9.17) is 35.0 Å². The first-order chi connectivity index (χ1) is 16.7. The highest BCUT2D eigenvalue weighted by atomic mass is 79.9. The number of hydrogen-bond donors (Lipinski definition) is 0. The fraction of sp³-hybridized carbons (Fsp3) is 0.185. The van der Waals surface area contributed by atoms with E-state index in [1.807, 2.05) is 108 Å². The number of allylic oxidation sites excluding steroid dienone is 4. The van der Waals surface area contributed by atoms with Crippen molar-refractivity contribution in [2.45, 2.75) is 23.9 Å². The number of alkyl halides is 5. The van der Waals surface area contributed by atoms with Crippen molar-refractivity contribution < 1.29 is 0 Å². The molecule has 0 aromatic heterocycles. The van der Waals surface area contributed by atoms with Gasteiger partial charge in [-0.1, -0.05) is 139 Å². The standard InChI is InChI=1S/C27H20Br3Cl3N2/c28-24-19-11-10-18-23(24)34(22-16-8-3-9-17-22)35(33)26(29,21-14-6-2-7-15-21)27(30,32)25(24,31)20-12-4-1-5-13-20/h1-18H,19H2. The molecule has 8 heteroatoms. The number of nitrogens with zero attached hydrogens (tertiary/aromatic N) is 2. The van der Waals surface area contributed by atoms with Gasteiger partial charge in [-0.3, -0.25) is 5.01 Å². The van der Waals surface area contributed by atoms with Crippen LogP contribution in [0.1, 0.15) is 17.5 Å². The van der Waals surface area contributed by atoms with Crippen molar-refractivity contribution in [3.63, 3.8) is 0 Å². The summed E-state index contributed by atoms with van der Waals surface area (Å²) in [6, 6.07) is 29.7. The molecular weight excluding hydrogens is 698 g/mol. The molecule has 0 amide bonds. The molecule has 0 radical (unpaired) electrons. The van der Waals surface area contributed by atoms with Crippen molar-refractivity contribution in [3.8, 4) is 0 Å². The molecule has 1 aliphatic heterocycles. The Bertz CT molecular complexity index is 1270. The molecule has 2 nitrogen and oxygen atoms in total. The van der Waals surface area contributed by atoms with Gasteiger partial charge in [-0.05, 0) is 35.8 Å². The topological polar surface area (TPSA) is 6.48 Å². The third kappa shape index (κ3) is 3.64. The predicted molar refractivity (Wildman–Crippen MR) is 159 cm³/mol. The Morgan fingerprint density at radius 2 is 1.23 bits per heavy atom. The Morgan fingerprint density at radius 1 is 0.714 bits per heavy atom. The predicted octanol–water partition coefficient (Wildman–Crippen LogP) is 9.57. The Balaban J connectivity index is 1.92. The second-order valence-electron chi connectivity index (χ2n) is 8.48. The van der Waals surface area contributed by atoms with Gasteiger partial charge in [0.15, 0.2) is 8.23 Å². The van der Waals surface area contributed by atoms with Gasteiger partial charge >= 0.3 is 0 Å². The maximum atomic E-state index is 7.92. The van der Waals surface area contributed by atoms with Crippen LogP contribution in [0.15, 0.2) is 115 Å². The molecule has 3 aromatic rings. The highest BCUT2D eigenvalue weighted by molar-refractivity contribution is 9.13. The third-order valence-corrected chi connectivity index (χ3v) is 13.8. The van der Waals surface area contributed by atoms with Crippen LogP contribution in [0.5, 0.6) is 0 Å². The summed E-state index contributed by atoms with van der Waals surface area (Å²) in [6.07, 6.45) is 6.71. The average molecular weight is 719 g/mol. The zero-order chi connectivity index (χ0) is 24.9. The van der Waals surface area contributed by atoms with Crippen molar-refractivity contribution in [3.05, 3.63) is 126 Å². The number of para-hydroxylation sites is 1. The first-order valence-electron chi connectivity index (χ1n) is 10.9. The Kier molecular flexibility index (Phi) is 7.02. The minimum atomic E-state index is -1.39. The van der Waals surface area contributed by atoms with Gasteiger partial charge in [0.2, 0.25) is 0 Å². The minimum absolute atomic E-state index is 0.573. The summed E-state index contributed by atoms with van der Waals surface area (Å²) in [4.78, 5) is -1.25. The highest BCUT2D eigenvalue weighted by Crippen LogP contribution is 2.72. The van der Waals surface area contributed by atoms with Gasteiger partial charge < -0.3 is 0 Å². The van der Waals surface area contributed by atoms with E-state index in [2.05, 4.69) is 53.9 Å². The van der Waals surface area contributed by atoms with Gasteiger partial charge in [0, 0.05) is 11.8 Å². The lowest BCUT2D eigenvalue weighted by atomic mass is 9.74. The molecule has 4 atom stereocenters. The lowest BCUT2D eigenvalue weighted by molar-refractivity contribution is 0.275. The lowest BCUT2D eigenvalue weighted by Crippen LogP contribution is -2.61. The van der Waals surface area contributed by atoms with Crippen LogP contribution < -0.4 is 5.01 Å². The van der Waals surface area contributed by atoms with Gasteiger partial charge in [0.1, 0.15) is 4.87 Å². The zero-order valence-electron chi connectivity index (χ0n) is 18.3. The molecule has 5 rings (SSSR count). The molecule has 1 fully saturated rings. The molecule has 0 spiro atoms. The van der Waals surface area contributed by atoms with Crippen molar-refractivity contribution in [2.75, 3.05) is 5.01 Å². The minimum Gasteiger partial charge on any atom is -0.261 e. The van der Waals surface area contributed by atoms with E-state index < -0.39 is 17.4 Å². The number of anilines is 1. The molecule has 4 unspecified atom stereocenters. The van der Waals surface area contributed by atoms with Crippen LogP contribution in [-0.4, -0.2) is 12.6 Å². The van der Waals surface area contributed by atoms with Gasteiger partial charge in [-0.2, -0.15) is 0 Å². The van der Waals surface area contributed by atoms with Gasteiger partial charge in [-0.15, -0.1) is 27.7 Å². The highest BCUT2D eigenvalue weighted by Gasteiger charge is 2.75. The van der Waals surface area contributed by atoms with Crippen LogP contribution in [0.4, 0.5) is 5.69 Å². The van der Waals surface area contributed by atoms with Gasteiger partial charge in [0.25, 0.3) is 0 Å². The second kappa shape index (κ2) is 9.50. The first-order valence-corrected chi connectivity index (χ1v) is 14.4. The zero-order valence-corrected chi connectivity index (χ0v) is 25.3. The molecule has 0 bridgehead atoms. The molecule has 180 valence electrons. The lowest BCUT2D eigenvalue weighted by Gasteiger charge is -2.53. The van der Waals surface area contributed by atoms with Crippen LogP contribution >= 0.6 is 82.8 Å². The summed E-state index contributed by atoms with van der Waals surface area (Å²) in [6.45, 7) is 0. The number of rotatable bonds is 3. The number of fused-ring (bicyclic) bond motifs is 1. The van der Waals surface area contributed by atoms with E-state index in [0.717, 1.165) is 22.5 Å². The number of hydrazine groups is 1. The molecule has 35 heavy (non-hydrogen) atoms. The van der Waals surface area contributed by atoms with Crippen LogP contribution in [-0.2, 0) is 9.32 Å². The van der Waals surface area contributed by atoms with Crippen LogP contribution in [0, 0.1) is 0 Å². The van der Waals surface area contributed by atoms with Crippen molar-refractivity contribution in [1.82, 2.24) is 4.53 Å². The van der Waals surface area contributed by atoms with E-state index >= 15 is 0 Å². The van der Waals surface area contributed by atoms with Crippen LogP contribution in [0.25, 0.3) is 0 Å². The van der Waals surface area contributed by atoms with E-state index in [9.17, 15) is 0 Å². The third-order valence-electron chi connectivity index (χ3n) is 6.58. The summed E-state index contributed by atoms with van der Waals surface area (Å²) < 4.78 is -1.88. The second-order valence-corrected chi connectivity index (χ2v) is 14.1. The number of benzene rings is 3. The maximum absolute atomic E-state index is 7.92. The maximum Gasteiger partial charge on any atom is 0.167 e. The summed E-state index contributed by atoms with van der Waals surface area (Å²) in [7, 11) is 0. The summed E-state index contributed by atoms with van der Waals surface area (Å²) in [5, 5.41) is 1.97. The van der Waals surface area contributed by atoms with Crippen LogP contribution in [0.3, 0.4) is 0 Å². The van der Waals surface area contributed by atoms with E-state index in [1.165, 1.54) is 0 Å². The fourth-order valence-electron chi connectivity index (χ4n) is 4.84. The molecule has 3 aromatic carbocycles. The Labute approximate surface area is 246 Å². The number of halogens is 6. The van der Waals surface area contributed by atoms with Gasteiger partial charge in [0.05, 0.1) is 15.7 Å². The summed E-state index contributed by atoms with van der Waals surface area (Å²) in [5.74, 6) is 0. The molecule has 1 heterocycles.